The lowest BCUT2D eigenvalue weighted by Gasteiger charge is -2.14. The molecule has 2 aliphatic heterocycles. The van der Waals surface area contributed by atoms with Crippen LogP contribution in [0.15, 0.2) is 63.7 Å². The van der Waals surface area contributed by atoms with E-state index >= 15 is 0 Å². The number of aromatic hydroxyl groups is 1. The van der Waals surface area contributed by atoms with Gasteiger partial charge in [0.2, 0.25) is 6.79 Å². The van der Waals surface area contributed by atoms with E-state index in [2.05, 4.69) is 10.2 Å². The van der Waals surface area contributed by atoms with Crippen molar-refractivity contribution in [3.63, 3.8) is 0 Å². The van der Waals surface area contributed by atoms with E-state index in [0.29, 0.717) is 49.1 Å². The highest BCUT2D eigenvalue weighted by Gasteiger charge is 2.36. The van der Waals surface area contributed by atoms with Crippen molar-refractivity contribution in [1.29, 1.82) is 0 Å². The molecule has 1 saturated heterocycles. The number of ether oxygens (including phenoxy) is 2. The molecule has 182 valence electrons. The highest BCUT2D eigenvalue weighted by atomic mass is 35.5. The Balaban J connectivity index is 1.37. The Morgan fingerprint density at radius 2 is 1.75 bits per heavy atom. The highest BCUT2D eigenvalue weighted by molar-refractivity contribution is 8.18. The fourth-order valence-electron chi connectivity index (χ4n) is 3.42. The second-order valence-corrected chi connectivity index (χ2v) is 9.85. The van der Waals surface area contributed by atoms with Crippen molar-refractivity contribution in [3.05, 3.63) is 79.6 Å². The molecule has 3 aromatic rings. The van der Waals surface area contributed by atoms with Crippen molar-refractivity contribution in [2.24, 2.45) is 10.2 Å². The van der Waals surface area contributed by atoms with Gasteiger partial charge in [0.1, 0.15) is 11.4 Å². The number of rotatable bonds is 5. The number of imide groups is 1. The predicted octanol–water partition coefficient (Wildman–Crippen LogP) is 7.73. The van der Waals surface area contributed by atoms with E-state index in [0.717, 1.165) is 16.7 Å². The molecule has 8 nitrogen and oxygen atoms in total. The number of amides is 2. The van der Waals surface area contributed by atoms with Gasteiger partial charge < -0.3 is 14.6 Å². The van der Waals surface area contributed by atoms with Gasteiger partial charge in [-0.3, -0.25) is 14.5 Å². The normalized spacial score (nSPS) is 16.1. The number of thioether (sulfide) groups is 1. The Morgan fingerprint density at radius 1 is 0.972 bits per heavy atom. The zero-order valence-corrected chi connectivity index (χ0v) is 21.2. The molecule has 0 aromatic heterocycles. The summed E-state index contributed by atoms with van der Waals surface area (Å²) in [5, 5.41) is 19.3. The number of halogens is 3. The molecule has 1 N–H and O–H groups in total. The van der Waals surface area contributed by atoms with Gasteiger partial charge in [-0.2, -0.15) is 5.11 Å². The number of nitrogens with zero attached hydrogens (tertiary/aromatic N) is 3. The van der Waals surface area contributed by atoms with E-state index in [-0.39, 0.29) is 24.0 Å². The largest absolute Gasteiger partial charge is 0.507 e. The summed E-state index contributed by atoms with van der Waals surface area (Å²) < 4.78 is 10.6. The number of benzene rings is 3. The van der Waals surface area contributed by atoms with Gasteiger partial charge in [-0.15, -0.1) is 5.11 Å². The average Bonchev–Trinajstić information content (AvgIpc) is 3.39. The molecule has 2 aliphatic rings. The van der Waals surface area contributed by atoms with Gasteiger partial charge in [-0.05, 0) is 65.9 Å². The molecule has 0 aliphatic carbocycles. The Kier molecular flexibility index (Phi) is 6.81. The summed E-state index contributed by atoms with van der Waals surface area (Å²) in [5.41, 5.74) is 1.64. The Bertz CT molecular complexity index is 1480. The fraction of sp³-hybridized carbons (Fsp3) is 0.0833. The van der Waals surface area contributed by atoms with E-state index in [1.807, 2.05) is 0 Å². The first kappa shape index (κ1) is 24.5. The third-order valence-electron chi connectivity index (χ3n) is 5.22. The van der Waals surface area contributed by atoms with Crippen LogP contribution < -0.4 is 9.47 Å². The predicted molar refractivity (Wildman–Crippen MR) is 138 cm³/mol. The quantitative estimate of drug-likeness (QED) is 0.252. The first-order valence-electron chi connectivity index (χ1n) is 10.3. The lowest BCUT2D eigenvalue weighted by molar-refractivity contribution is -0.123. The maximum atomic E-state index is 13.0. The molecule has 0 bridgehead atoms. The zero-order chi connectivity index (χ0) is 25.4. The molecule has 1 fully saturated rings. The fourth-order valence-corrected chi connectivity index (χ4v) is 4.91. The minimum atomic E-state index is -0.516. The average molecular weight is 563 g/mol. The lowest BCUT2D eigenvalue weighted by Crippen LogP contribution is -2.27. The smallest absolute Gasteiger partial charge is 0.293 e. The van der Waals surface area contributed by atoms with Crippen molar-refractivity contribution in [1.82, 2.24) is 4.90 Å². The van der Waals surface area contributed by atoms with Crippen molar-refractivity contribution < 1.29 is 24.2 Å². The molecule has 2 heterocycles. The van der Waals surface area contributed by atoms with E-state index in [1.54, 1.807) is 36.4 Å². The molecule has 0 radical (unpaired) electrons. The van der Waals surface area contributed by atoms with E-state index in [1.165, 1.54) is 18.2 Å². The van der Waals surface area contributed by atoms with Gasteiger partial charge in [0.15, 0.2) is 11.5 Å². The van der Waals surface area contributed by atoms with Gasteiger partial charge in [0.05, 0.1) is 22.2 Å². The summed E-state index contributed by atoms with van der Waals surface area (Å²) in [6, 6.07) is 12.5. The standard InChI is InChI=1S/C24H14Cl3N3O5S/c25-14-1-3-18(17(27)8-14)29-28-15-2-4-19(31)12(5-15)7-22-23(32)30(24(33)36-22)10-13-6-20-21(9-16(13)26)35-11-34-20/h1-9,31H,10-11H2/b22-7-,29-28?. The summed E-state index contributed by atoms with van der Waals surface area (Å²) in [4.78, 5) is 26.8. The SMILES string of the molecule is O=C1S/C(=C\c2cc(N=Nc3ccc(Cl)cc3Cl)ccc2O)C(=O)N1Cc1cc2c(cc1Cl)OCO2. The van der Waals surface area contributed by atoms with Crippen LogP contribution in [0.25, 0.3) is 6.08 Å². The number of hydrogen-bond donors (Lipinski definition) is 1. The van der Waals surface area contributed by atoms with Crippen molar-refractivity contribution in [2.75, 3.05) is 6.79 Å². The molecule has 0 atom stereocenters. The summed E-state index contributed by atoms with van der Waals surface area (Å²) in [5.74, 6) is 0.388. The summed E-state index contributed by atoms with van der Waals surface area (Å²) >= 11 is 19.1. The number of phenolic OH excluding ortho intramolecular Hbond substituents is 1. The first-order chi connectivity index (χ1) is 17.3. The van der Waals surface area contributed by atoms with Crippen LogP contribution in [0.4, 0.5) is 16.2 Å². The number of hydrogen-bond acceptors (Lipinski definition) is 8. The van der Waals surface area contributed by atoms with Gasteiger partial charge in [0, 0.05) is 21.7 Å². The topological polar surface area (TPSA) is 101 Å². The van der Waals surface area contributed by atoms with Crippen LogP contribution in [0.2, 0.25) is 15.1 Å². The van der Waals surface area contributed by atoms with Gasteiger partial charge in [0.25, 0.3) is 11.1 Å². The Morgan fingerprint density at radius 3 is 2.53 bits per heavy atom. The van der Waals surface area contributed by atoms with Crippen LogP contribution in [0.5, 0.6) is 17.2 Å². The second kappa shape index (κ2) is 10.0. The maximum absolute atomic E-state index is 13.0. The summed E-state index contributed by atoms with van der Waals surface area (Å²) in [6.45, 7) is 0.0356. The monoisotopic (exact) mass is 561 g/mol. The third-order valence-corrected chi connectivity index (χ3v) is 7.02. The van der Waals surface area contributed by atoms with Crippen LogP contribution in [-0.2, 0) is 11.3 Å². The molecule has 5 rings (SSSR count). The van der Waals surface area contributed by atoms with E-state index < -0.39 is 11.1 Å². The Hall–Kier alpha value is -3.24. The van der Waals surface area contributed by atoms with Crippen LogP contribution >= 0.6 is 46.6 Å². The minimum absolute atomic E-state index is 0.0421. The zero-order valence-electron chi connectivity index (χ0n) is 18.1. The molecule has 3 aromatic carbocycles. The maximum Gasteiger partial charge on any atom is 0.293 e. The molecule has 2 amide bonds. The molecule has 12 heteroatoms. The number of fused-ring (bicyclic) bond motifs is 1. The lowest BCUT2D eigenvalue weighted by atomic mass is 10.1. The summed E-state index contributed by atoms with van der Waals surface area (Å²) in [6.07, 6.45) is 1.43. The van der Waals surface area contributed by atoms with Crippen molar-refractivity contribution >= 4 is 75.2 Å². The first-order valence-corrected chi connectivity index (χ1v) is 12.3. The van der Waals surface area contributed by atoms with Crippen LogP contribution in [-0.4, -0.2) is 27.9 Å². The van der Waals surface area contributed by atoms with Crippen molar-refractivity contribution in [3.8, 4) is 17.2 Å². The van der Waals surface area contributed by atoms with Crippen LogP contribution in [0.3, 0.4) is 0 Å². The van der Waals surface area contributed by atoms with Gasteiger partial charge in [-0.25, -0.2) is 0 Å². The second-order valence-electron chi connectivity index (χ2n) is 7.60. The highest BCUT2D eigenvalue weighted by Crippen LogP contribution is 2.40. The van der Waals surface area contributed by atoms with Crippen LogP contribution in [0.1, 0.15) is 11.1 Å². The molecular weight excluding hydrogens is 549 g/mol. The van der Waals surface area contributed by atoms with Gasteiger partial charge >= 0.3 is 0 Å². The molecular formula is C24H14Cl3N3O5S. The number of carbonyl (C=O) groups excluding carboxylic acids is 2. The molecule has 36 heavy (non-hydrogen) atoms. The number of azo groups is 1. The van der Waals surface area contributed by atoms with E-state index in [4.69, 9.17) is 44.3 Å². The molecule has 0 saturated carbocycles. The van der Waals surface area contributed by atoms with E-state index in [9.17, 15) is 14.7 Å². The summed E-state index contributed by atoms with van der Waals surface area (Å²) in [7, 11) is 0. The number of carbonyl (C=O) groups is 2. The third kappa shape index (κ3) is 5.01. The van der Waals surface area contributed by atoms with Crippen molar-refractivity contribution in [2.45, 2.75) is 6.54 Å². The molecule has 0 spiro atoms. The Labute approximate surface area is 224 Å². The minimum Gasteiger partial charge on any atom is -0.507 e. The number of phenols is 1. The van der Waals surface area contributed by atoms with Gasteiger partial charge in [-0.1, -0.05) is 34.8 Å². The molecule has 0 unspecified atom stereocenters. The van der Waals surface area contributed by atoms with Crippen LogP contribution in [0, 0.1) is 0 Å².